The Bertz CT molecular complexity index is 285. The van der Waals surface area contributed by atoms with Crippen LogP contribution in [-0.2, 0) is 4.74 Å². The van der Waals surface area contributed by atoms with Crippen LogP contribution in [0.4, 0.5) is 0 Å². The second-order valence-corrected chi connectivity index (χ2v) is 5.23. The van der Waals surface area contributed by atoms with Gasteiger partial charge >= 0.3 is 0 Å². The average Bonchev–Trinajstić information content (AvgIpc) is 2.95. The van der Waals surface area contributed by atoms with Crippen molar-refractivity contribution in [1.82, 2.24) is 5.32 Å². The number of rotatable bonds is 8. The summed E-state index contributed by atoms with van der Waals surface area (Å²) in [4.78, 5) is 1.02. The second kappa shape index (κ2) is 6.35. The van der Waals surface area contributed by atoms with Gasteiger partial charge in [-0.25, -0.2) is 0 Å². The molecule has 2 rings (SSSR count). The zero-order valence-corrected chi connectivity index (χ0v) is 10.2. The maximum absolute atomic E-state index is 9.77. The Labute approximate surface area is 100 Å². The molecule has 1 heterocycles. The maximum Gasteiger partial charge on any atom is 0.101 e. The highest BCUT2D eigenvalue weighted by Crippen LogP contribution is 2.28. The van der Waals surface area contributed by atoms with Crippen LogP contribution >= 0.6 is 11.3 Å². The van der Waals surface area contributed by atoms with Gasteiger partial charge in [0, 0.05) is 24.6 Å². The number of ether oxygens (including phenoxy) is 1. The van der Waals surface area contributed by atoms with Crippen molar-refractivity contribution in [3.05, 3.63) is 22.4 Å². The number of hydrogen-bond acceptors (Lipinski definition) is 4. The lowest BCUT2D eigenvalue weighted by atomic mass is 10.3. The molecule has 1 unspecified atom stereocenters. The predicted molar refractivity (Wildman–Crippen MR) is 65.7 cm³/mol. The minimum atomic E-state index is -0.386. The zero-order chi connectivity index (χ0) is 11.2. The predicted octanol–water partition coefficient (Wildman–Crippen LogP) is 1.80. The summed E-state index contributed by atoms with van der Waals surface area (Å²) >= 11 is 1.59. The van der Waals surface area contributed by atoms with Gasteiger partial charge in [0.15, 0.2) is 0 Å². The molecule has 1 aromatic heterocycles. The third kappa shape index (κ3) is 4.22. The molecular formula is C12H19NO2S. The van der Waals surface area contributed by atoms with Crippen molar-refractivity contribution >= 4 is 11.3 Å². The van der Waals surface area contributed by atoms with Gasteiger partial charge in [0.1, 0.15) is 6.10 Å². The van der Waals surface area contributed by atoms with Crippen molar-refractivity contribution in [3.63, 3.8) is 0 Å². The first-order chi connectivity index (χ1) is 7.86. The van der Waals surface area contributed by atoms with Crippen LogP contribution in [0, 0.1) is 5.92 Å². The van der Waals surface area contributed by atoms with Crippen molar-refractivity contribution < 1.29 is 9.84 Å². The molecule has 2 N–H and O–H groups in total. The first-order valence-corrected chi connectivity index (χ1v) is 6.74. The van der Waals surface area contributed by atoms with E-state index in [1.165, 1.54) is 12.8 Å². The molecule has 1 saturated carbocycles. The molecule has 1 aliphatic rings. The van der Waals surface area contributed by atoms with E-state index >= 15 is 0 Å². The molecule has 0 bridgehead atoms. The highest BCUT2D eigenvalue weighted by atomic mass is 32.1. The molecule has 0 aromatic carbocycles. The Balaban J connectivity index is 1.47. The second-order valence-electron chi connectivity index (χ2n) is 4.25. The molecule has 1 aliphatic carbocycles. The van der Waals surface area contributed by atoms with Crippen LogP contribution in [0.5, 0.6) is 0 Å². The third-order valence-electron chi connectivity index (χ3n) is 2.68. The Hall–Kier alpha value is -0.420. The van der Waals surface area contributed by atoms with Crippen LogP contribution < -0.4 is 5.32 Å². The van der Waals surface area contributed by atoms with Crippen LogP contribution in [0.1, 0.15) is 23.8 Å². The molecule has 1 aromatic rings. The first kappa shape index (κ1) is 12.0. The van der Waals surface area contributed by atoms with Gasteiger partial charge in [-0.2, -0.15) is 0 Å². The van der Waals surface area contributed by atoms with Gasteiger partial charge in [0.05, 0.1) is 6.61 Å². The van der Waals surface area contributed by atoms with E-state index in [-0.39, 0.29) is 6.10 Å². The van der Waals surface area contributed by atoms with E-state index in [0.717, 1.165) is 30.6 Å². The van der Waals surface area contributed by atoms with Crippen LogP contribution in [0.3, 0.4) is 0 Å². The summed E-state index contributed by atoms with van der Waals surface area (Å²) < 4.78 is 5.49. The molecule has 16 heavy (non-hydrogen) atoms. The van der Waals surface area contributed by atoms with Crippen molar-refractivity contribution in [1.29, 1.82) is 0 Å². The minimum absolute atomic E-state index is 0.386. The Morgan fingerprint density at radius 3 is 3.12 bits per heavy atom. The van der Waals surface area contributed by atoms with Crippen LogP contribution in [0.25, 0.3) is 0 Å². The van der Waals surface area contributed by atoms with Crippen molar-refractivity contribution in [3.8, 4) is 0 Å². The number of hydrogen-bond donors (Lipinski definition) is 2. The number of aliphatic hydroxyl groups excluding tert-OH is 1. The largest absolute Gasteiger partial charge is 0.386 e. The summed E-state index contributed by atoms with van der Waals surface area (Å²) in [6.07, 6.45) is 2.29. The Kier molecular flexibility index (Phi) is 4.78. The van der Waals surface area contributed by atoms with Gasteiger partial charge < -0.3 is 15.2 Å². The monoisotopic (exact) mass is 241 g/mol. The summed E-state index contributed by atoms with van der Waals surface area (Å²) in [6, 6.07) is 3.92. The lowest BCUT2D eigenvalue weighted by Gasteiger charge is -2.10. The van der Waals surface area contributed by atoms with Crippen molar-refractivity contribution in [2.24, 2.45) is 5.92 Å². The van der Waals surface area contributed by atoms with Gasteiger partial charge in [-0.05, 0) is 30.2 Å². The van der Waals surface area contributed by atoms with E-state index in [1.807, 2.05) is 17.5 Å². The van der Waals surface area contributed by atoms with E-state index in [1.54, 1.807) is 11.3 Å². The van der Waals surface area contributed by atoms with E-state index in [4.69, 9.17) is 4.74 Å². The molecule has 0 amide bonds. The van der Waals surface area contributed by atoms with Gasteiger partial charge in [0.25, 0.3) is 0 Å². The highest BCUT2D eigenvalue weighted by Gasteiger charge is 2.20. The fourth-order valence-corrected chi connectivity index (χ4v) is 2.21. The molecule has 1 fully saturated rings. The van der Waals surface area contributed by atoms with E-state index in [0.29, 0.717) is 6.54 Å². The minimum Gasteiger partial charge on any atom is -0.386 e. The summed E-state index contributed by atoms with van der Waals surface area (Å²) in [5.41, 5.74) is 0. The molecule has 0 saturated heterocycles. The van der Waals surface area contributed by atoms with Gasteiger partial charge in [-0.15, -0.1) is 11.3 Å². The average molecular weight is 241 g/mol. The molecule has 90 valence electrons. The van der Waals surface area contributed by atoms with Crippen molar-refractivity contribution in [2.75, 3.05) is 26.3 Å². The Morgan fingerprint density at radius 2 is 2.44 bits per heavy atom. The molecule has 0 radical (unpaired) electrons. The smallest absolute Gasteiger partial charge is 0.101 e. The molecule has 1 atom stereocenters. The Morgan fingerprint density at radius 1 is 1.56 bits per heavy atom. The lowest BCUT2D eigenvalue weighted by molar-refractivity contribution is 0.120. The normalized spacial score (nSPS) is 17.6. The fraction of sp³-hybridized carbons (Fsp3) is 0.667. The van der Waals surface area contributed by atoms with E-state index < -0.39 is 0 Å². The molecule has 0 aliphatic heterocycles. The van der Waals surface area contributed by atoms with Gasteiger partial charge in [0.2, 0.25) is 0 Å². The molecular weight excluding hydrogens is 222 g/mol. The molecule has 0 spiro atoms. The van der Waals surface area contributed by atoms with Crippen LogP contribution in [-0.4, -0.2) is 31.4 Å². The number of thiophene rings is 1. The summed E-state index contributed by atoms with van der Waals surface area (Å²) in [6.45, 7) is 3.07. The third-order valence-corrected chi connectivity index (χ3v) is 3.66. The zero-order valence-electron chi connectivity index (χ0n) is 9.39. The summed E-state index contributed by atoms with van der Waals surface area (Å²) in [5.74, 6) is 0.830. The van der Waals surface area contributed by atoms with Crippen molar-refractivity contribution in [2.45, 2.75) is 18.9 Å². The number of nitrogens with one attached hydrogen (secondary N) is 1. The summed E-state index contributed by atoms with van der Waals surface area (Å²) in [7, 11) is 0. The van der Waals surface area contributed by atoms with Gasteiger partial charge in [-0.3, -0.25) is 0 Å². The topological polar surface area (TPSA) is 41.5 Å². The van der Waals surface area contributed by atoms with E-state index in [9.17, 15) is 5.11 Å². The lowest BCUT2D eigenvalue weighted by Crippen LogP contribution is -2.25. The maximum atomic E-state index is 9.77. The number of aliphatic hydroxyl groups is 1. The standard InChI is InChI=1S/C12H19NO2S/c14-11(12-2-1-7-16-12)8-13-5-6-15-9-10-3-4-10/h1-2,7,10-11,13-14H,3-6,8-9H2. The highest BCUT2D eigenvalue weighted by molar-refractivity contribution is 7.10. The quantitative estimate of drug-likeness (QED) is 0.682. The van der Waals surface area contributed by atoms with Gasteiger partial charge in [-0.1, -0.05) is 6.07 Å². The van der Waals surface area contributed by atoms with Crippen LogP contribution in [0.2, 0.25) is 0 Å². The molecule has 4 heteroatoms. The fourth-order valence-electron chi connectivity index (χ4n) is 1.50. The first-order valence-electron chi connectivity index (χ1n) is 5.86. The summed E-state index contributed by atoms with van der Waals surface area (Å²) in [5, 5.41) is 15.0. The molecule has 3 nitrogen and oxygen atoms in total. The SMILES string of the molecule is OC(CNCCOCC1CC1)c1cccs1. The van der Waals surface area contributed by atoms with Crippen LogP contribution in [0.15, 0.2) is 17.5 Å². The van der Waals surface area contributed by atoms with E-state index in [2.05, 4.69) is 5.32 Å².